The Hall–Kier alpha value is -5.58. The molecule has 0 atom stereocenters. The van der Waals surface area contributed by atoms with Crippen LogP contribution in [0, 0.1) is 0 Å². The van der Waals surface area contributed by atoms with E-state index in [1.807, 2.05) is 0 Å². The van der Waals surface area contributed by atoms with E-state index in [9.17, 15) is 0 Å². The molecule has 3 heterocycles. The number of rotatable bonds is 3. The molecule has 10 rings (SSSR count). The van der Waals surface area contributed by atoms with Crippen LogP contribution in [0.25, 0.3) is 72.5 Å². The Morgan fingerprint density at radius 1 is 0.551 bits per heavy atom. The molecule has 0 fully saturated rings. The van der Waals surface area contributed by atoms with Gasteiger partial charge < -0.3 is 4.57 Å². The smallest absolute Gasteiger partial charge is 0.160 e. The monoisotopic (exact) mass is 645 g/mol. The minimum atomic E-state index is -2.00. The van der Waals surface area contributed by atoms with E-state index in [-0.39, 0.29) is 5.41 Å². The molecule has 8 aromatic rings. The third kappa shape index (κ3) is 3.83. The number of hydrogen-bond donors (Lipinski definition) is 0. The summed E-state index contributed by atoms with van der Waals surface area (Å²) in [6, 6.07) is 50.8. The highest BCUT2D eigenvalue weighted by Gasteiger charge is 2.42. The molecular formula is C45H35N3Si. The van der Waals surface area contributed by atoms with Gasteiger partial charge in [0.1, 0.15) is 8.07 Å². The van der Waals surface area contributed by atoms with Crippen LogP contribution >= 0.6 is 0 Å². The van der Waals surface area contributed by atoms with Crippen molar-refractivity contribution in [3.63, 3.8) is 0 Å². The predicted octanol–water partition coefficient (Wildman–Crippen LogP) is 10.0. The molecular weight excluding hydrogens is 611 g/mol. The molecule has 4 heteroatoms. The van der Waals surface area contributed by atoms with Gasteiger partial charge in [-0.05, 0) is 74.6 Å². The third-order valence-electron chi connectivity index (χ3n) is 11.2. The lowest BCUT2D eigenvalue weighted by Gasteiger charge is -2.21. The summed E-state index contributed by atoms with van der Waals surface area (Å²) in [4.78, 5) is 10.7. The van der Waals surface area contributed by atoms with Crippen molar-refractivity contribution >= 4 is 40.3 Å². The molecule has 0 radical (unpaired) electrons. The first-order valence-electron chi connectivity index (χ1n) is 17.2. The predicted molar refractivity (Wildman–Crippen MR) is 207 cm³/mol. The van der Waals surface area contributed by atoms with Gasteiger partial charge in [0.2, 0.25) is 0 Å². The summed E-state index contributed by atoms with van der Waals surface area (Å²) in [5, 5.41) is 5.39. The van der Waals surface area contributed by atoms with Gasteiger partial charge in [-0.2, -0.15) is 0 Å². The Bertz CT molecular complexity index is 2650. The third-order valence-corrected chi connectivity index (χ3v) is 14.7. The fourth-order valence-electron chi connectivity index (χ4n) is 8.84. The van der Waals surface area contributed by atoms with Crippen molar-refractivity contribution in [1.29, 1.82) is 0 Å². The zero-order valence-corrected chi connectivity index (χ0v) is 29.1. The zero-order chi connectivity index (χ0) is 33.1. The second-order valence-corrected chi connectivity index (χ2v) is 18.9. The standard InChI is InChI=1S/C45H35N3Si/c1-45(2)34-19-11-8-16-31(34)39-35(45)26-27-37-40(39)32-17-9-12-20-36(32)48(37)30-24-22-29(23-25-30)44-46-41(28-14-6-5-7-15-28)43-42(47-44)33-18-10-13-21-38(33)49(43,3)4/h5-27H,1-4H3. The Morgan fingerprint density at radius 2 is 1.22 bits per heavy atom. The maximum Gasteiger partial charge on any atom is 0.160 e. The Labute approximate surface area is 287 Å². The molecule has 2 aromatic heterocycles. The summed E-state index contributed by atoms with van der Waals surface area (Å²) in [6.07, 6.45) is 0. The van der Waals surface area contributed by atoms with Crippen molar-refractivity contribution in [2.24, 2.45) is 0 Å². The molecule has 0 amide bonds. The van der Waals surface area contributed by atoms with Crippen molar-refractivity contribution < 1.29 is 0 Å². The van der Waals surface area contributed by atoms with E-state index in [4.69, 9.17) is 9.97 Å². The van der Waals surface area contributed by atoms with Crippen LogP contribution in [0.2, 0.25) is 13.1 Å². The highest BCUT2D eigenvalue weighted by atomic mass is 28.3. The van der Waals surface area contributed by atoms with E-state index in [1.165, 1.54) is 60.0 Å². The molecule has 2 aliphatic rings. The van der Waals surface area contributed by atoms with E-state index in [1.54, 1.807) is 0 Å². The normalized spacial score (nSPS) is 14.9. The summed E-state index contributed by atoms with van der Waals surface area (Å²) in [7, 11) is -2.00. The molecule has 234 valence electrons. The average Bonchev–Trinajstić information content (AvgIpc) is 3.69. The largest absolute Gasteiger partial charge is 0.309 e. The van der Waals surface area contributed by atoms with Gasteiger partial charge in [0.25, 0.3) is 0 Å². The van der Waals surface area contributed by atoms with Crippen LogP contribution in [0.5, 0.6) is 0 Å². The fraction of sp³-hybridized carbons (Fsp3) is 0.111. The summed E-state index contributed by atoms with van der Waals surface area (Å²) >= 11 is 0. The zero-order valence-electron chi connectivity index (χ0n) is 28.1. The number of fused-ring (bicyclic) bond motifs is 10. The van der Waals surface area contributed by atoms with E-state index >= 15 is 0 Å². The van der Waals surface area contributed by atoms with Gasteiger partial charge in [-0.1, -0.05) is 130 Å². The molecule has 1 aliphatic carbocycles. The fourth-order valence-corrected chi connectivity index (χ4v) is 12.1. The van der Waals surface area contributed by atoms with Crippen LogP contribution in [0.15, 0.2) is 140 Å². The summed E-state index contributed by atoms with van der Waals surface area (Å²) in [5.41, 5.74) is 14.6. The molecule has 0 unspecified atom stereocenters. The summed E-state index contributed by atoms with van der Waals surface area (Å²) in [5.74, 6) is 0.768. The SMILES string of the molecule is CC1(C)c2ccccc2-c2c1ccc1c2c2ccccc2n1-c1ccc(-c2nc(-c3ccccc3)c3c(n2)-c2ccccc2[Si]3(C)C)cc1. The first-order valence-corrected chi connectivity index (χ1v) is 20.2. The number of nitrogens with zero attached hydrogens (tertiary/aromatic N) is 3. The van der Waals surface area contributed by atoms with Crippen LogP contribution in [0.3, 0.4) is 0 Å². The molecule has 6 aromatic carbocycles. The average molecular weight is 646 g/mol. The number of para-hydroxylation sites is 1. The second-order valence-electron chi connectivity index (χ2n) is 14.6. The molecule has 0 N–H and O–H groups in total. The lowest BCUT2D eigenvalue weighted by molar-refractivity contribution is 0.661. The molecule has 0 saturated carbocycles. The van der Waals surface area contributed by atoms with Gasteiger partial charge in [0.15, 0.2) is 5.82 Å². The first-order chi connectivity index (χ1) is 23.8. The van der Waals surface area contributed by atoms with Gasteiger partial charge in [-0.15, -0.1) is 0 Å². The summed E-state index contributed by atoms with van der Waals surface area (Å²) < 4.78 is 2.42. The van der Waals surface area contributed by atoms with Gasteiger partial charge in [-0.3, -0.25) is 0 Å². The molecule has 3 nitrogen and oxygen atoms in total. The van der Waals surface area contributed by atoms with Gasteiger partial charge in [0.05, 0.1) is 22.4 Å². The lowest BCUT2D eigenvalue weighted by Crippen LogP contribution is -2.50. The highest BCUT2D eigenvalue weighted by molar-refractivity contribution is 7.04. The quantitative estimate of drug-likeness (QED) is 0.179. The van der Waals surface area contributed by atoms with E-state index in [0.29, 0.717) is 0 Å². The van der Waals surface area contributed by atoms with Gasteiger partial charge in [-0.25, -0.2) is 9.97 Å². The Balaban J connectivity index is 1.16. The van der Waals surface area contributed by atoms with Crippen LogP contribution < -0.4 is 10.4 Å². The lowest BCUT2D eigenvalue weighted by atomic mass is 9.82. The number of benzene rings is 6. The van der Waals surface area contributed by atoms with Gasteiger partial charge >= 0.3 is 0 Å². The number of aromatic nitrogens is 3. The van der Waals surface area contributed by atoms with Gasteiger partial charge in [0, 0.05) is 33.0 Å². The Morgan fingerprint density at radius 3 is 2.04 bits per heavy atom. The Kier molecular flexibility index (Phi) is 5.79. The molecule has 0 spiro atoms. The molecule has 1 aliphatic heterocycles. The van der Waals surface area contributed by atoms with E-state index in [0.717, 1.165) is 34.0 Å². The van der Waals surface area contributed by atoms with Crippen LogP contribution in [-0.4, -0.2) is 22.6 Å². The maximum absolute atomic E-state index is 5.35. The number of hydrogen-bond acceptors (Lipinski definition) is 2. The van der Waals surface area contributed by atoms with Crippen molar-refractivity contribution in [2.75, 3.05) is 0 Å². The van der Waals surface area contributed by atoms with Crippen molar-refractivity contribution in [1.82, 2.24) is 14.5 Å². The second kappa shape index (κ2) is 9.97. The maximum atomic E-state index is 5.35. The van der Waals surface area contributed by atoms with Crippen molar-refractivity contribution in [3.05, 3.63) is 151 Å². The topological polar surface area (TPSA) is 30.7 Å². The molecule has 49 heavy (non-hydrogen) atoms. The first kappa shape index (κ1) is 28.4. The van der Waals surface area contributed by atoms with E-state index < -0.39 is 8.07 Å². The van der Waals surface area contributed by atoms with Crippen molar-refractivity contribution in [3.8, 4) is 50.7 Å². The molecule has 0 saturated heterocycles. The molecule has 0 bridgehead atoms. The van der Waals surface area contributed by atoms with Crippen LogP contribution in [0.1, 0.15) is 25.0 Å². The van der Waals surface area contributed by atoms with E-state index in [2.05, 4.69) is 171 Å². The minimum absolute atomic E-state index is 0.0440. The summed E-state index contributed by atoms with van der Waals surface area (Å²) in [6.45, 7) is 9.58. The highest BCUT2D eigenvalue weighted by Crippen LogP contribution is 2.53. The minimum Gasteiger partial charge on any atom is -0.309 e. The van der Waals surface area contributed by atoms with Crippen LogP contribution in [0.4, 0.5) is 0 Å². The van der Waals surface area contributed by atoms with Crippen LogP contribution in [-0.2, 0) is 5.41 Å². The van der Waals surface area contributed by atoms with Crippen molar-refractivity contribution in [2.45, 2.75) is 32.4 Å².